The average Bonchev–Trinajstić information content (AvgIpc) is 2.26. The van der Waals surface area contributed by atoms with Crippen molar-refractivity contribution in [1.82, 2.24) is 4.98 Å². The van der Waals surface area contributed by atoms with Crippen LogP contribution in [0, 0.1) is 0 Å². The number of pyridine rings is 1. The van der Waals surface area contributed by atoms with E-state index in [0.29, 0.717) is 5.56 Å². The van der Waals surface area contributed by atoms with Gasteiger partial charge < -0.3 is 9.47 Å². The first-order chi connectivity index (χ1) is 7.15. The first-order valence-corrected chi connectivity index (χ1v) is 4.30. The maximum Gasteiger partial charge on any atom is 0.352 e. The number of methoxy groups -OCH3 is 1. The fraction of sp³-hybridized carbons (Fsp3) is 0.300. The highest BCUT2D eigenvalue weighted by Crippen LogP contribution is 2.17. The number of hydrogen-bond acceptors (Lipinski definition) is 5. The SMILES string of the molecule is COC(=O)C(OC(C)=O)c1cccnc1. The van der Waals surface area contributed by atoms with Crippen LogP contribution in [0.4, 0.5) is 0 Å². The monoisotopic (exact) mass is 209 g/mol. The zero-order valence-corrected chi connectivity index (χ0v) is 8.47. The summed E-state index contributed by atoms with van der Waals surface area (Å²) in [6.07, 6.45) is 1.97. The fourth-order valence-electron chi connectivity index (χ4n) is 1.06. The topological polar surface area (TPSA) is 65.5 Å². The molecule has 0 aliphatic heterocycles. The summed E-state index contributed by atoms with van der Waals surface area (Å²) in [4.78, 5) is 25.9. The molecule has 1 rings (SSSR count). The van der Waals surface area contributed by atoms with Crippen LogP contribution in [-0.2, 0) is 19.1 Å². The van der Waals surface area contributed by atoms with Gasteiger partial charge in [0.2, 0.25) is 6.10 Å². The normalized spacial score (nSPS) is 11.6. The average molecular weight is 209 g/mol. The van der Waals surface area contributed by atoms with Crippen molar-refractivity contribution in [3.63, 3.8) is 0 Å². The molecule has 5 nitrogen and oxygen atoms in total. The minimum absolute atomic E-state index is 0.486. The molecule has 0 saturated heterocycles. The number of nitrogens with zero attached hydrogens (tertiary/aromatic N) is 1. The van der Waals surface area contributed by atoms with E-state index in [1.165, 1.54) is 20.2 Å². The molecule has 1 aromatic rings. The van der Waals surface area contributed by atoms with Crippen molar-refractivity contribution in [3.8, 4) is 0 Å². The van der Waals surface area contributed by atoms with Crippen molar-refractivity contribution in [3.05, 3.63) is 30.1 Å². The number of esters is 2. The Bertz CT molecular complexity index is 350. The zero-order valence-electron chi connectivity index (χ0n) is 8.47. The van der Waals surface area contributed by atoms with Crippen LogP contribution in [0.15, 0.2) is 24.5 Å². The number of rotatable bonds is 3. The lowest BCUT2D eigenvalue weighted by Crippen LogP contribution is -2.19. The summed E-state index contributed by atoms with van der Waals surface area (Å²) in [6.45, 7) is 1.23. The first kappa shape index (κ1) is 11.2. The number of aromatic nitrogens is 1. The molecule has 1 aromatic heterocycles. The second-order valence-electron chi connectivity index (χ2n) is 2.80. The quantitative estimate of drug-likeness (QED) is 0.691. The molecule has 0 amide bonds. The van der Waals surface area contributed by atoms with Gasteiger partial charge in [-0.15, -0.1) is 0 Å². The van der Waals surface area contributed by atoms with E-state index >= 15 is 0 Å². The molecule has 80 valence electrons. The molecule has 1 heterocycles. The van der Waals surface area contributed by atoms with Gasteiger partial charge in [-0.1, -0.05) is 6.07 Å². The lowest BCUT2D eigenvalue weighted by atomic mass is 10.1. The third kappa shape index (κ3) is 3.05. The molecule has 5 heteroatoms. The molecule has 0 N–H and O–H groups in total. The standard InChI is InChI=1S/C10H11NO4/c1-7(12)15-9(10(13)14-2)8-4-3-5-11-6-8/h3-6,9H,1-2H3. The lowest BCUT2D eigenvalue weighted by Gasteiger charge is -2.13. The number of ether oxygens (including phenoxy) is 2. The minimum Gasteiger partial charge on any atom is -0.466 e. The Morgan fingerprint density at radius 2 is 2.20 bits per heavy atom. The summed E-state index contributed by atoms with van der Waals surface area (Å²) in [7, 11) is 1.23. The maximum atomic E-state index is 11.3. The van der Waals surface area contributed by atoms with E-state index in [9.17, 15) is 9.59 Å². The fourth-order valence-corrected chi connectivity index (χ4v) is 1.06. The number of carbonyl (C=O) groups is 2. The molecule has 15 heavy (non-hydrogen) atoms. The van der Waals surface area contributed by atoms with Gasteiger partial charge in [-0.2, -0.15) is 0 Å². The van der Waals surface area contributed by atoms with Crippen LogP contribution in [-0.4, -0.2) is 24.0 Å². The molecule has 0 fully saturated rings. The Balaban J connectivity index is 2.91. The summed E-state index contributed by atoms with van der Waals surface area (Å²) in [6, 6.07) is 3.28. The van der Waals surface area contributed by atoms with Crippen LogP contribution in [0.1, 0.15) is 18.6 Å². The van der Waals surface area contributed by atoms with Crippen molar-refractivity contribution >= 4 is 11.9 Å². The van der Waals surface area contributed by atoms with Crippen LogP contribution in [0.5, 0.6) is 0 Å². The first-order valence-electron chi connectivity index (χ1n) is 4.30. The van der Waals surface area contributed by atoms with Crippen LogP contribution in [0.3, 0.4) is 0 Å². The van der Waals surface area contributed by atoms with Gasteiger partial charge in [-0.25, -0.2) is 4.79 Å². The molecular formula is C10H11NO4. The van der Waals surface area contributed by atoms with Crippen molar-refractivity contribution in [2.24, 2.45) is 0 Å². The third-order valence-corrected chi connectivity index (χ3v) is 1.69. The van der Waals surface area contributed by atoms with Gasteiger partial charge in [0, 0.05) is 24.9 Å². The van der Waals surface area contributed by atoms with E-state index in [1.807, 2.05) is 0 Å². The Labute approximate surface area is 87.0 Å². The Hall–Kier alpha value is -1.91. The molecule has 0 aliphatic rings. The predicted octanol–water partition coefficient (Wildman–Crippen LogP) is 0.859. The van der Waals surface area contributed by atoms with Crippen molar-refractivity contribution in [1.29, 1.82) is 0 Å². The van der Waals surface area contributed by atoms with Gasteiger partial charge in [0.25, 0.3) is 0 Å². The summed E-state index contributed by atoms with van der Waals surface area (Å²) in [5.74, 6) is -1.17. The molecular weight excluding hydrogens is 198 g/mol. The smallest absolute Gasteiger partial charge is 0.352 e. The minimum atomic E-state index is -1.04. The number of hydrogen-bond donors (Lipinski definition) is 0. The van der Waals surface area contributed by atoms with Crippen LogP contribution in [0.2, 0.25) is 0 Å². The molecule has 0 spiro atoms. The summed E-state index contributed by atoms with van der Waals surface area (Å²) in [5.41, 5.74) is 0.486. The van der Waals surface area contributed by atoms with Crippen molar-refractivity contribution < 1.29 is 19.1 Å². The van der Waals surface area contributed by atoms with Gasteiger partial charge in [-0.05, 0) is 6.07 Å². The van der Waals surface area contributed by atoms with Crippen LogP contribution >= 0.6 is 0 Å². The van der Waals surface area contributed by atoms with Gasteiger partial charge in [0.1, 0.15) is 0 Å². The molecule has 0 aliphatic carbocycles. The largest absolute Gasteiger partial charge is 0.466 e. The Morgan fingerprint density at radius 1 is 1.47 bits per heavy atom. The summed E-state index contributed by atoms with van der Waals surface area (Å²) < 4.78 is 9.36. The summed E-state index contributed by atoms with van der Waals surface area (Å²) >= 11 is 0. The molecule has 0 bridgehead atoms. The Morgan fingerprint density at radius 3 is 2.67 bits per heavy atom. The van der Waals surface area contributed by atoms with Gasteiger partial charge in [0.15, 0.2) is 0 Å². The summed E-state index contributed by atoms with van der Waals surface area (Å²) in [5, 5.41) is 0. The second kappa shape index (κ2) is 5.09. The molecule has 0 saturated carbocycles. The van der Waals surface area contributed by atoms with Gasteiger partial charge in [-0.3, -0.25) is 9.78 Å². The molecule has 0 radical (unpaired) electrons. The van der Waals surface area contributed by atoms with E-state index in [4.69, 9.17) is 4.74 Å². The lowest BCUT2D eigenvalue weighted by molar-refractivity contribution is -0.165. The number of carbonyl (C=O) groups excluding carboxylic acids is 2. The van der Waals surface area contributed by atoms with E-state index in [0.717, 1.165) is 0 Å². The molecule has 0 aromatic carbocycles. The van der Waals surface area contributed by atoms with Gasteiger partial charge in [0.05, 0.1) is 7.11 Å². The van der Waals surface area contributed by atoms with Crippen LogP contribution < -0.4 is 0 Å². The van der Waals surface area contributed by atoms with Crippen molar-refractivity contribution in [2.45, 2.75) is 13.0 Å². The highest BCUT2D eigenvalue weighted by molar-refractivity contribution is 5.79. The Kier molecular flexibility index (Phi) is 3.79. The van der Waals surface area contributed by atoms with E-state index < -0.39 is 18.0 Å². The van der Waals surface area contributed by atoms with E-state index in [2.05, 4.69) is 9.72 Å². The molecule has 1 atom stereocenters. The van der Waals surface area contributed by atoms with Crippen LogP contribution in [0.25, 0.3) is 0 Å². The predicted molar refractivity (Wildman–Crippen MR) is 50.8 cm³/mol. The van der Waals surface area contributed by atoms with E-state index in [1.54, 1.807) is 18.3 Å². The van der Waals surface area contributed by atoms with Gasteiger partial charge >= 0.3 is 11.9 Å². The van der Waals surface area contributed by atoms with E-state index in [-0.39, 0.29) is 0 Å². The maximum absolute atomic E-state index is 11.3. The highest BCUT2D eigenvalue weighted by atomic mass is 16.6. The second-order valence-corrected chi connectivity index (χ2v) is 2.80. The van der Waals surface area contributed by atoms with Crippen molar-refractivity contribution in [2.75, 3.05) is 7.11 Å². The third-order valence-electron chi connectivity index (χ3n) is 1.69. The zero-order chi connectivity index (χ0) is 11.3. The molecule has 1 unspecified atom stereocenters. The highest BCUT2D eigenvalue weighted by Gasteiger charge is 2.24.